The number of anilines is 1. The standard InChI is InChI=1S/C25H34N2O3/c1-17(2)23-11-6-18(3)16-24(23)29-19(4)25(28)26-20-7-9-21(10-8-20)30-22-12-14-27(5)15-13-22/h6-11,16-17,19,22H,12-15H2,1-5H3,(H,26,28). The summed E-state index contributed by atoms with van der Waals surface area (Å²) in [5.41, 5.74) is 2.96. The molecule has 2 aromatic rings. The summed E-state index contributed by atoms with van der Waals surface area (Å²) in [7, 11) is 2.14. The number of amides is 1. The maximum atomic E-state index is 12.6. The van der Waals surface area contributed by atoms with Gasteiger partial charge in [0.25, 0.3) is 5.91 Å². The van der Waals surface area contributed by atoms with Crippen LogP contribution >= 0.6 is 0 Å². The minimum Gasteiger partial charge on any atom is -0.490 e. The van der Waals surface area contributed by atoms with Crippen molar-refractivity contribution in [3.05, 3.63) is 53.6 Å². The van der Waals surface area contributed by atoms with Crippen molar-refractivity contribution in [3.63, 3.8) is 0 Å². The largest absolute Gasteiger partial charge is 0.490 e. The molecule has 0 radical (unpaired) electrons. The first kappa shape index (κ1) is 22.2. The molecule has 30 heavy (non-hydrogen) atoms. The third kappa shape index (κ3) is 5.99. The predicted octanol–water partition coefficient (Wildman–Crippen LogP) is 5.00. The molecule has 1 amide bonds. The molecule has 0 saturated carbocycles. The third-order valence-electron chi connectivity index (χ3n) is 5.55. The lowest BCUT2D eigenvalue weighted by Gasteiger charge is -2.29. The zero-order chi connectivity index (χ0) is 21.7. The van der Waals surface area contributed by atoms with Gasteiger partial charge in [-0.1, -0.05) is 26.0 Å². The van der Waals surface area contributed by atoms with Crippen molar-refractivity contribution in [2.75, 3.05) is 25.5 Å². The summed E-state index contributed by atoms with van der Waals surface area (Å²) in [6.07, 6.45) is 1.75. The van der Waals surface area contributed by atoms with E-state index in [1.165, 1.54) is 0 Å². The van der Waals surface area contributed by atoms with E-state index < -0.39 is 6.10 Å². The van der Waals surface area contributed by atoms with Gasteiger partial charge in [0.05, 0.1) is 0 Å². The Morgan fingerprint density at radius 3 is 2.37 bits per heavy atom. The van der Waals surface area contributed by atoms with Gasteiger partial charge in [-0.3, -0.25) is 4.79 Å². The molecule has 0 aliphatic carbocycles. The molecule has 1 atom stereocenters. The van der Waals surface area contributed by atoms with Crippen LogP contribution in [0.2, 0.25) is 0 Å². The summed E-state index contributed by atoms with van der Waals surface area (Å²) in [4.78, 5) is 15.0. The van der Waals surface area contributed by atoms with Crippen LogP contribution in [0.1, 0.15) is 50.7 Å². The zero-order valence-corrected chi connectivity index (χ0v) is 18.8. The van der Waals surface area contributed by atoms with E-state index in [1.54, 1.807) is 6.92 Å². The van der Waals surface area contributed by atoms with Gasteiger partial charge in [-0.25, -0.2) is 0 Å². The highest BCUT2D eigenvalue weighted by atomic mass is 16.5. The van der Waals surface area contributed by atoms with E-state index >= 15 is 0 Å². The van der Waals surface area contributed by atoms with Gasteiger partial charge in [0.1, 0.15) is 17.6 Å². The molecule has 1 heterocycles. The van der Waals surface area contributed by atoms with Crippen LogP contribution in [0, 0.1) is 6.92 Å². The van der Waals surface area contributed by atoms with E-state index in [-0.39, 0.29) is 12.0 Å². The third-order valence-corrected chi connectivity index (χ3v) is 5.55. The van der Waals surface area contributed by atoms with Gasteiger partial charge in [-0.15, -0.1) is 0 Å². The molecule has 1 saturated heterocycles. The molecule has 162 valence electrons. The second-order valence-corrected chi connectivity index (χ2v) is 8.59. The van der Waals surface area contributed by atoms with Gasteiger partial charge in [0, 0.05) is 18.8 Å². The molecule has 0 bridgehead atoms. The number of benzene rings is 2. The minimum absolute atomic E-state index is 0.171. The Kier molecular flexibility index (Phi) is 7.38. The molecule has 5 nitrogen and oxygen atoms in total. The maximum absolute atomic E-state index is 12.6. The number of piperidine rings is 1. The number of aryl methyl sites for hydroxylation is 1. The van der Waals surface area contributed by atoms with Crippen LogP contribution in [0.15, 0.2) is 42.5 Å². The quantitative estimate of drug-likeness (QED) is 0.698. The fourth-order valence-corrected chi connectivity index (χ4v) is 3.62. The van der Waals surface area contributed by atoms with Gasteiger partial charge >= 0.3 is 0 Å². The molecule has 5 heteroatoms. The number of carbonyl (C=O) groups is 1. The number of rotatable bonds is 7. The monoisotopic (exact) mass is 410 g/mol. The molecule has 2 aromatic carbocycles. The Morgan fingerprint density at radius 2 is 1.73 bits per heavy atom. The first-order valence-electron chi connectivity index (χ1n) is 10.8. The van der Waals surface area contributed by atoms with E-state index in [0.29, 0.717) is 5.92 Å². The van der Waals surface area contributed by atoms with E-state index in [1.807, 2.05) is 37.3 Å². The van der Waals surface area contributed by atoms with E-state index in [2.05, 4.69) is 43.2 Å². The summed E-state index contributed by atoms with van der Waals surface area (Å²) in [5, 5.41) is 2.94. The van der Waals surface area contributed by atoms with Crippen molar-refractivity contribution in [3.8, 4) is 11.5 Å². The second-order valence-electron chi connectivity index (χ2n) is 8.59. The smallest absolute Gasteiger partial charge is 0.265 e. The van der Waals surface area contributed by atoms with Crippen molar-refractivity contribution >= 4 is 11.6 Å². The molecule has 1 aliphatic heterocycles. The van der Waals surface area contributed by atoms with Gasteiger partial charge in [0.15, 0.2) is 6.10 Å². The van der Waals surface area contributed by atoms with Gasteiger partial charge in [-0.2, -0.15) is 0 Å². The average Bonchev–Trinajstić information content (AvgIpc) is 2.71. The number of likely N-dealkylation sites (tertiary alicyclic amines) is 1. The van der Waals surface area contributed by atoms with Crippen LogP contribution < -0.4 is 14.8 Å². The molecule has 0 spiro atoms. The highest BCUT2D eigenvalue weighted by Gasteiger charge is 2.19. The van der Waals surface area contributed by atoms with E-state index in [9.17, 15) is 4.79 Å². The summed E-state index contributed by atoms with van der Waals surface area (Å²) < 4.78 is 12.1. The van der Waals surface area contributed by atoms with Crippen molar-refractivity contribution in [1.82, 2.24) is 4.90 Å². The second kappa shape index (κ2) is 9.98. The summed E-state index contributed by atoms with van der Waals surface area (Å²) in [6.45, 7) is 10.2. The molecule has 1 unspecified atom stereocenters. The normalized spacial score (nSPS) is 16.3. The summed E-state index contributed by atoms with van der Waals surface area (Å²) >= 11 is 0. The summed E-state index contributed by atoms with van der Waals surface area (Å²) in [5.74, 6) is 1.77. The van der Waals surface area contributed by atoms with Crippen LogP contribution in [-0.4, -0.2) is 43.2 Å². The van der Waals surface area contributed by atoms with E-state index in [4.69, 9.17) is 9.47 Å². The molecular weight excluding hydrogens is 376 g/mol. The predicted molar refractivity (Wildman–Crippen MR) is 122 cm³/mol. The fraction of sp³-hybridized carbons (Fsp3) is 0.480. The first-order chi connectivity index (χ1) is 14.3. The number of nitrogens with zero attached hydrogens (tertiary/aromatic N) is 1. The van der Waals surface area contributed by atoms with Crippen molar-refractivity contribution < 1.29 is 14.3 Å². The fourth-order valence-electron chi connectivity index (χ4n) is 3.62. The van der Waals surface area contributed by atoms with Gasteiger partial charge < -0.3 is 19.7 Å². The molecule has 1 fully saturated rings. The van der Waals surface area contributed by atoms with Gasteiger partial charge in [-0.05, 0) is 81.1 Å². The van der Waals surface area contributed by atoms with Crippen LogP contribution in [0.25, 0.3) is 0 Å². The maximum Gasteiger partial charge on any atom is 0.265 e. The van der Waals surface area contributed by atoms with Crippen LogP contribution in [0.4, 0.5) is 5.69 Å². The Morgan fingerprint density at radius 1 is 1.07 bits per heavy atom. The molecule has 3 rings (SSSR count). The number of hydrogen-bond acceptors (Lipinski definition) is 4. The number of ether oxygens (including phenoxy) is 2. The lowest BCUT2D eigenvalue weighted by Crippen LogP contribution is -2.35. The molecule has 1 N–H and O–H groups in total. The first-order valence-corrected chi connectivity index (χ1v) is 10.8. The van der Waals surface area contributed by atoms with Crippen molar-refractivity contribution in [1.29, 1.82) is 0 Å². The topological polar surface area (TPSA) is 50.8 Å². The lowest BCUT2D eigenvalue weighted by molar-refractivity contribution is -0.122. The Bertz CT molecular complexity index is 840. The highest BCUT2D eigenvalue weighted by molar-refractivity contribution is 5.94. The summed E-state index contributed by atoms with van der Waals surface area (Å²) in [6, 6.07) is 13.7. The molecule has 1 aliphatic rings. The van der Waals surface area contributed by atoms with Crippen molar-refractivity contribution in [2.45, 2.75) is 58.7 Å². The SMILES string of the molecule is Cc1ccc(C(C)C)c(OC(C)C(=O)Nc2ccc(OC3CCN(C)CC3)cc2)c1. The molecule has 0 aromatic heterocycles. The lowest BCUT2D eigenvalue weighted by atomic mass is 10.0. The van der Waals surface area contributed by atoms with Crippen LogP contribution in [-0.2, 0) is 4.79 Å². The minimum atomic E-state index is -0.598. The van der Waals surface area contributed by atoms with Crippen LogP contribution in [0.3, 0.4) is 0 Å². The number of nitrogens with one attached hydrogen (secondary N) is 1. The Labute approximate surface area is 180 Å². The van der Waals surface area contributed by atoms with Gasteiger partial charge in [0.2, 0.25) is 0 Å². The number of hydrogen-bond donors (Lipinski definition) is 1. The van der Waals surface area contributed by atoms with Crippen LogP contribution in [0.5, 0.6) is 11.5 Å². The molecular formula is C25H34N2O3. The highest BCUT2D eigenvalue weighted by Crippen LogP contribution is 2.28. The zero-order valence-electron chi connectivity index (χ0n) is 18.8. The Balaban J connectivity index is 1.56. The average molecular weight is 411 g/mol. The van der Waals surface area contributed by atoms with E-state index in [0.717, 1.165) is 54.2 Å². The number of carbonyl (C=O) groups excluding carboxylic acids is 1. The van der Waals surface area contributed by atoms with Crippen molar-refractivity contribution in [2.24, 2.45) is 0 Å². The Hall–Kier alpha value is -2.53.